The molecule has 0 fully saturated rings. The summed E-state index contributed by atoms with van der Waals surface area (Å²) in [6, 6.07) is 6.03. The molecule has 1 aromatic heterocycles. The normalized spacial score (nSPS) is 12.4. The quantitative estimate of drug-likeness (QED) is 0.617. The maximum absolute atomic E-state index is 5.64. The van der Waals surface area contributed by atoms with Gasteiger partial charge in [-0.05, 0) is 24.1 Å². The summed E-state index contributed by atoms with van der Waals surface area (Å²) < 4.78 is 6.94. The summed E-state index contributed by atoms with van der Waals surface area (Å²) in [7, 11) is 3.51. The average Bonchev–Trinajstić information content (AvgIpc) is 2.81. The van der Waals surface area contributed by atoms with E-state index in [1.807, 2.05) is 32.3 Å². The van der Waals surface area contributed by atoms with E-state index in [0.29, 0.717) is 6.42 Å². The van der Waals surface area contributed by atoms with Gasteiger partial charge in [-0.2, -0.15) is 0 Å². The van der Waals surface area contributed by atoms with Crippen LogP contribution in [-0.4, -0.2) is 22.1 Å². The highest BCUT2D eigenvalue weighted by Gasteiger charge is 2.14. The van der Waals surface area contributed by atoms with Gasteiger partial charge in [0.25, 0.3) is 0 Å². The lowest BCUT2D eigenvalue weighted by Crippen LogP contribution is -2.29. The minimum atomic E-state index is 0.00121. The van der Waals surface area contributed by atoms with Crippen molar-refractivity contribution in [3.8, 4) is 5.75 Å². The van der Waals surface area contributed by atoms with Crippen LogP contribution in [0.3, 0.4) is 0 Å². The zero-order chi connectivity index (χ0) is 13.8. The maximum atomic E-state index is 5.64. The van der Waals surface area contributed by atoms with Crippen LogP contribution in [0.15, 0.2) is 24.4 Å². The number of nitrogens with one attached hydrogen (secondary N) is 1. The molecule has 0 saturated heterocycles. The first-order valence-corrected chi connectivity index (χ1v) is 6.10. The highest BCUT2D eigenvalue weighted by atomic mass is 16.5. The highest BCUT2D eigenvalue weighted by molar-refractivity contribution is 5.37. The predicted octanol–water partition coefficient (Wildman–Crippen LogP) is 0.879. The van der Waals surface area contributed by atoms with Gasteiger partial charge in [-0.3, -0.25) is 16.0 Å². The van der Waals surface area contributed by atoms with E-state index in [0.717, 1.165) is 22.6 Å². The van der Waals surface area contributed by atoms with Crippen LogP contribution < -0.4 is 16.0 Å². The van der Waals surface area contributed by atoms with E-state index < -0.39 is 0 Å². The van der Waals surface area contributed by atoms with Crippen LogP contribution in [0.1, 0.15) is 22.9 Å². The van der Waals surface area contributed by atoms with Crippen molar-refractivity contribution in [2.75, 3.05) is 7.11 Å². The van der Waals surface area contributed by atoms with Gasteiger partial charge in [0.15, 0.2) is 0 Å². The van der Waals surface area contributed by atoms with Crippen LogP contribution in [0.5, 0.6) is 5.75 Å². The van der Waals surface area contributed by atoms with E-state index in [1.165, 1.54) is 0 Å². The number of methoxy groups -OCH3 is 1. The lowest BCUT2D eigenvalue weighted by atomic mass is 10.0. The van der Waals surface area contributed by atoms with Crippen molar-refractivity contribution in [3.05, 3.63) is 41.2 Å². The molecule has 0 aliphatic rings. The first-order valence-electron chi connectivity index (χ1n) is 6.10. The van der Waals surface area contributed by atoms with Gasteiger partial charge in [0.2, 0.25) is 0 Å². The fourth-order valence-electron chi connectivity index (χ4n) is 2.09. The Hall–Kier alpha value is -1.92. The fourth-order valence-corrected chi connectivity index (χ4v) is 2.09. The van der Waals surface area contributed by atoms with Crippen molar-refractivity contribution in [2.45, 2.75) is 19.4 Å². The number of aromatic nitrogens is 3. The number of nitrogens with zero attached hydrogens (tertiary/aromatic N) is 3. The third kappa shape index (κ3) is 3.10. The topological polar surface area (TPSA) is 78.0 Å². The molecule has 19 heavy (non-hydrogen) atoms. The van der Waals surface area contributed by atoms with Gasteiger partial charge in [0, 0.05) is 19.7 Å². The molecule has 6 heteroatoms. The summed E-state index contributed by atoms with van der Waals surface area (Å²) in [5, 5.41) is 8.00. The van der Waals surface area contributed by atoms with Crippen LogP contribution in [0.25, 0.3) is 0 Å². The second-order valence-electron chi connectivity index (χ2n) is 4.54. The SMILES string of the molecule is COc1ccc(C(Cc2cn(C)nn2)NN)cc1C. The molecule has 0 amide bonds. The lowest BCUT2D eigenvalue weighted by Gasteiger charge is -2.16. The number of hydrazine groups is 1. The summed E-state index contributed by atoms with van der Waals surface area (Å²) in [6.07, 6.45) is 2.58. The number of benzene rings is 1. The fraction of sp³-hybridized carbons (Fsp3) is 0.385. The van der Waals surface area contributed by atoms with E-state index in [4.69, 9.17) is 10.6 Å². The zero-order valence-corrected chi connectivity index (χ0v) is 11.4. The van der Waals surface area contributed by atoms with Gasteiger partial charge in [-0.15, -0.1) is 5.10 Å². The molecule has 0 aliphatic heterocycles. The molecular formula is C13H19N5O. The Balaban J connectivity index is 2.19. The smallest absolute Gasteiger partial charge is 0.121 e. The zero-order valence-electron chi connectivity index (χ0n) is 11.4. The predicted molar refractivity (Wildman–Crippen MR) is 72.5 cm³/mol. The summed E-state index contributed by atoms with van der Waals surface area (Å²) >= 11 is 0. The van der Waals surface area contributed by atoms with E-state index in [1.54, 1.807) is 11.8 Å². The van der Waals surface area contributed by atoms with Crippen molar-refractivity contribution >= 4 is 0 Å². The second-order valence-corrected chi connectivity index (χ2v) is 4.54. The summed E-state index contributed by atoms with van der Waals surface area (Å²) in [6.45, 7) is 2.01. The Bertz CT molecular complexity index is 552. The molecule has 0 aliphatic carbocycles. The molecule has 1 unspecified atom stereocenters. The van der Waals surface area contributed by atoms with Crippen LogP contribution in [0.4, 0.5) is 0 Å². The minimum absolute atomic E-state index is 0.00121. The molecule has 3 N–H and O–H groups in total. The van der Waals surface area contributed by atoms with Gasteiger partial charge in [-0.25, -0.2) is 0 Å². The molecule has 0 bridgehead atoms. The Kier molecular flexibility index (Phi) is 4.13. The van der Waals surface area contributed by atoms with E-state index in [2.05, 4.69) is 21.8 Å². The van der Waals surface area contributed by atoms with E-state index in [-0.39, 0.29) is 6.04 Å². The molecule has 102 valence electrons. The molecule has 1 aromatic carbocycles. The van der Waals surface area contributed by atoms with Crippen LogP contribution in [0.2, 0.25) is 0 Å². The summed E-state index contributed by atoms with van der Waals surface area (Å²) in [5.41, 5.74) is 5.91. The van der Waals surface area contributed by atoms with E-state index in [9.17, 15) is 0 Å². The molecule has 0 radical (unpaired) electrons. The summed E-state index contributed by atoms with van der Waals surface area (Å²) in [5.74, 6) is 6.52. The average molecular weight is 261 g/mol. The number of rotatable bonds is 5. The van der Waals surface area contributed by atoms with Crippen molar-refractivity contribution in [3.63, 3.8) is 0 Å². The standard InChI is InChI=1S/C13H19N5O/c1-9-6-10(4-5-13(9)19-3)12(15-14)7-11-8-18(2)17-16-11/h4-6,8,12,15H,7,14H2,1-3H3. The first-order chi connectivity index (χ1) is 9.13. The number of aryl methyl sites for hydroxylation is 2. The van der Waals surface area contributed by atoms with Gasteiger partial charge in [0.05, 0.1) is 18.8 Å². The monoisotopic (exact) mass is 261 g/mol. The molecule has 0 saturated carbocycles. The van der Waals surface area contributed by atoms with Crippen molar-refractivity contribution in [1.82, 2.24) is 20.4 Å². The van der Waals surface area contributed by atoms with Gasteiger partial charge in [-0.1, -0.05) is 17.3 Å². The third-order valence-electron chi connectivity index (χ3n) is 3.09. The molecular weight excluding hydrogens is 242 g/mol. The van der Waals surface area contributed by atoms with Gasteiger partial charge >= 0.3 is 0 Å². The Labute approximate surface area is 112 Å². The third-order valence-corrected chi connectivity index (χ3v) is 3.09. The van der Waals surface area contributed by atoms with E-state index >= 15 is 0 Å². The number of hydrogen-bond donors (Lipinski definition) is 2. The van der Waals surface area contributed by atoms with Crippen molar-refractivity contribution < 1.29 is 4.74 Å². The first kappa shape index (κ1) is 13.5. The maximum Gasteiger partial charge on any atom is 0.121 e. The van der Waals surface area contributed by atoms with Gasteiger partial charge < -0.3 is 4.74 Å². The lowest BCUT2D eigenvalue weighted by molar-refractivity contribution is 0.411. The van der Waals surface area contributed by atoms with Crippen LogP contribution in [-0.2, 0) is 13.5 Å². The molecule has 6 nitrogen and oxygen atoms in total. The molecule has 2 rings (SSSR count). The number of ether oxygens (including phenoxy) is 1. The molecule has 1 atom stereocenters. The van der Waals surface area contributed by atoms with Crippen molar-refractivity contribution in [1.29, 1.82) is 0 Å². The van der Waals surface area contributed by atoms with Crippen LogP contribution >= 0.6 is 0 Å². The highest BCUT2D eigenvalue weighted by Crippen LogP contribution is 2.23. The molecule has 1 heterocycles. The Morgan fingerprint density at radius 3 is 2.79 bits per heavy atom. The molecule has 0 spiro atoms. The minimum Gasteiger partial charge on any atom is -0.496 e. The Morgan fingerprint density at radius 1 is 1.47 bits per heavy atom. The summed E-state index contributed by atoms with van der Waals surface area (Å²) in [4.78, 5) is 0. The van der Waals surface area contributed by atoms with Gasteiger partial charge in [0.1, 0.15) is 5.75 Å². The second kappa shape index (κ2) is 5.81. The Morgan fingerprint density at radius 2 is 2.26 bits per heavy atom. The largest absolute Gasteiger partial charge is 0.496 e. The van der Waals surface area contributed by atoms with Crippen LogP contribution in [0, 0.1) is 6.92 Å². The molecule has 2 aromatic rings. The van der Waals surface area contributed by atoms with Crippen molar-refractivity contribution in [2.24, 2.45) is 12.9 Å². The number of nitrogens with two attached hydrogens (primary N) is 1. The number of hydrogen-bond acceptors (Lipinski definition) is 5.